The molecule has 0 aliphatic heterocycles. The molecule has 94 valence electrons. The van der Waals surface area contributed by atoms with E-state index in [2.05, 4.69) is 5.32 Å². The topological polar surface area (TPSA) is 46.2 Å². The van der Waals surface area contributed by atoms with Crippen LogP contribution in [0, 0.1) is 5.92 Å². The average molecular weight is 292 g/mol. The van der Waals surface area contributed by atoms with E-state index in [9.17, 15) is 9.00 Å². The standard InChI is InChI=1S/C11H14ClNO2S2/c12-10-4-3-9(16-10)6-17(15)7-11(14)13-5-8-1-2-8/h3-4,8H,1-2,5-7H2,(H,13,14). The summed E-state index contributed by atoms with van der Waals surface area (Å²) in [4.78, 5) is 12.4. The molecule has 0 radical (unpaired) electrons. The van der Waals surface area contributed by atoms with E-state index in [1.165, 1.54) is 24.2 Å². The number of carbonyl (C=O) groups is 1. The van der Waals surface area contributed by atoms with Crippen molar-refractivity contribution < 1.29 is 9.00 Å². The first kappa shape index (κ1) is 13.1. The van der Waals surface area contributed by atoms with Crippen LogP contribution in [0.3, 0.4) is 0 Å². The van der Waals surface area contributed by atoms with Crippen LogP contribution < -0.4 is 5.32 Å². The maximum Gasteiger partial charge on any atom is 0.232 e. The predicted octanol–water partition coefficient (Wildman–Crippen LogP) is 2.18. The molecule has 1 aliphatic carbocycles. The van der Waals surface area contributed by atoms with Crippen molar-refractivity contribution in [3.05, 3.63) is 21.3 Å². The Morgan fingerprint density at radius 1 is 1.53 bits per heavy atom. The molecule has 0 aromatic carbocycles. The van der Waals surface area contributed by atoms with Crippen LogP contribution in [0.1, 0.15) is 17.7 Å². The first-order valence-corrected chi connectivity index (χ1v) is 8.17. The Labute approximate surface area is 112 Å². The molecule has 0 saturated heterocycles. The van der Waals surface area contributed by atoms with Gasteiger partial charge >= 0.3 is 0 Å². The van der Waals surface area contributed by atoms with Crippen LogP contribution >= 0.6 is 22.9 Å². The van der Waals surface area contributed by atoms with Gasteiger partial charge in [-0.2, -0.15) is 0 Å². The molecule has 1 aliphatic rings. The van der Waals surface area contributed by atoms with Gasteiger partial charge in [0, 0.05) is 22.2 Å². The van der Waals surface area contributed by atoms with Crippen LogP contribution in [0.15, 0.2) is 12.1 Å². The summed E-state index contributed by atoms with van der Waals surface area (Å²) in [5.74, 6) is 1.04. The average Bonchev–Trinajstić information content (AvgIpc) is 3.00. The molecule has 1 amide bonds. The Morgan fingerprint density at radius 2 is 2.29 bits per heavy atom. The molecule has 2 rings (SSSR count). The highest BCUT2D eigenvalue weighted by molar-refractivity contribution is 7.85. The van der Waals surface area contributed by atoms with Crippen molar-refractivity contribution in [2.24, 2.45) is 5.92 Å². The summed E-state index contributed by atoms with van der Waals surface area (Å²) >= 11 is 7.19. The van der Waals surface area contributed by atoms with Gasteiger partial charge in [0.15, 0.2) is 0 Å². The third-order valence-corrected chi connectivity index (χ3v) is 5.14. The summed E-state index contributed by atoms with van der Waals surface area (Å²) in [6.07, 6.45) is 2.41. The minimum atomic E-state index is -1.14. The van der Waals surface area contributed by atoms with E-state index in [4.69, 9.17) is 11.6 Å². The quantitative estimate of drug-likeness (QED) is 0.873. The second-order valence-corrected chi connectivity index (χ2v) is 7.44. The Kier molecular flexibility index (Phi) is 4.59. The third-order valence-electron chi connectivity index (χ3n) is 2.51. The molecule has 6 heteroatoms. The number of carbonyl (C=O) groups excluding carboxylic acids is 1. The van der Waals surface area contributed by atoms with Crippen LogP contribution in [0.4, 0.5) is 0 Å². The van der Waals surface area contributed by atoms with Gasteiger partial charge < -0.3 is 5.32 Å². The van der Waals surface area contributed by atoms with Gasteiger partial charge in [-0.3, -0.25) is 9.00 Å². The van der Waals surface area contributed by atoms with Gasteiger partial charge in [-0.1, -0.05) is 11.6 Å². The highest BCUT2D eigenvalue weighted by atomic mass is 35.5. The smallest absolute Gasteiger partial charge is 0.232 e. The van der Waals surface area contributed by atoms with E-state index >= 15 is 0 Å². The number of nitrogens with one attached hydrogen (secondary N) is 1. The second kappa shape index (κ2) is 5.98. The zero-order chi connectivity index (χ0) is 12.3. The van der Waals surface area contributed by atoms with Gasteiger partial charge in [-0.25, -0.2) is 0 Å². The highest BCUT2D eigenvalue weighted by Crippen LogP contribution is 2.27. The number of thiophene rings is 1. The molecule has 1 atom stereocenters. The third kappa shape index (κ3) is 4.77. The normalized spacial score (nSPS) is 16.8. The summed E-state index contributed by atoms with van der Waals surface area (Å²) in [5.41, 5.74) is 0. The van der Waals surface area contributed by atoms with E-state index in [1.807, 2.05) is 6.07 Å². The monoisotopic (exact) mass is 291 g/mol. The number of amides is 1. The zero-order valence-corrected chi connectivity index (χ0v) is 11.7. The lowest BCUT2D eigenvalue weighted by atomic mass is 10.4. The Bertz CT molecular complexity index is 429. The molecule has 0 bridgehead atoms. The van der Waals surface area contributed by atoms with Crippen molar-refractivity contribution in [2.75, 3.05) is 12.3 Å². The fourth-order valence-corrected chi connectivity index (χ4v) is 3.84. The zero-order valence-electron chi connectivity index (χ0n) is 9.28. The lowest BCUT2D eigenvalue weighted by molar-refractivity contribution is -0.118. The van der Waals surface area contributed by atoms with Crippen molar-refractivity contribution in [2.45, 2.75) is 18.6 Å². The van der Waals surface area contributed by atoms with E-state index in [-0.39, 0.29) is 11.7 Å². The fourth-order valence-electron chi connectivity index (χ4n) is 1.42. The summed E-state index contributed by atoms with van der Waals surface area (Å²) < 4.78 is 12.4. The Hall–Kier alpha value is -0.390. The summed E-state index contributed by atoms with van der Waals surface area (Å²) in [7, 11) is -1.14. The number of hydrogen-bond donors (Lipinski definition) is 1. The first-order chi connectivity index (χ1) is 8.13. The van der Waals surface area contributed by atoms with Crippen LogP contribution in [-0.4, -0.2) is 22.4 Å². The van der Waals surface area contributed by atoms with Crippen molar-refractivity contribution >= 4 is 39.6 Å². The molecule has 0 spiro atoms. The van der Waals surface area contributed by atoms with E-state index in [1.54, 1.807) is 6.07 Å². The van der Waals surface area contributed by atoms with Gasteiger partial charge in [0.1, 0.15) is 5.75 Å². The molecule has 1 heterocycles. The molecular weight excluding hydrogens is 278 g/mol. The molecule has 1 aromatic heterocycles. The number of rotatable bonds is 6. The second-order valence-electron chi connectivity index (χ2n) is 4.18. The molecule has 1 N–H and O–H groups in total. The molecule has 3 nitrogen and oxygen atoms in total. The summed E-state index contributed by atoms with van der Waals surface area (Å²) in [6.45, 7) is 0.737. The lowest BCUT2D eigenvalue weighted by Gasteiger charge is -2.03. The van der Waals surface area contributed by atoms with Crippen LogP contribution in [-0.2, 0) is 21.3 Å². The molecular formula is C11H14ClNO2S2. The molecule has 1 saturated carbocycles. The van der Waals surface area contributed by atoms with E-state index < -0.39 is 10.8 Å². The molecule has 1 fully saturated rings. The molecule has 1 aromatic rings. The van der Waals surface area contributed by atoms with Crippen molar-refractivity contribution in [3.63, 3.8) is 0 Å². The predicted molar refractivity (Wildman–Crippen MR) is 71.8 cm³/mol. The summed E-state index contributed by atoms with van der Waals surface area (Å²) in [5, 5.41) is 2.81. The van der Waals surface area contributed by atoms with Crippen molar-refractivity contribution in [1.82, 2.24) is 5.32 Å². The largest absolute Gasteiger partial charge is 0.355 e. The van der Waals surface area contributed by atoms with Gasteiger partial charge in [-0.15, -0.1) is 11.3 Å². The minimum absolute atomic E-state index is 0.0856. The number of halogens is 1. The Morgan fingerprint density at radius 3 is 2.88 bits per heavy atom. The Balaban J connectivity index is 1.70. The van der Waals surface area contributed by atoms with Crippen LogP contribution in [0.2, 0.25) is 4.34 Å². The minimum Gasteiger partial charge on any atom is -0.355 e. The SMILES string of the molecule is O=C(CS(=O)Cc1ccc(Cl)s1)NCC1CC1. The van der Waals surface area contributed by atoms with Crippen molar-refractivity contribution in [3.8, 4) is 0 Å². The van der Waals surface area contributed by atoms with Gasteiger partial charge in [0.05, 0.1) is 10.1 Å². The number of hydrogen-bond acceptors (Lipinski definition) is 3. The van der Waals surface area contributed by atoms with Gasteiger partial charge in [0.25, 0.3) is 0 Å². The fraction of sp³-hybridized carbons (Fsp3) is 0.545. The molecule has 17 heavy (non-hydrogen) atoms. The van der Waals surface area contributed by atoms with Crippen LogP contribution in [0.5, 0.6) is 0 Å². The van der Waals surface area contributed by atoms with E-state index in [0.717, 1.165) is 11.4 Å². The maximum atomic E-state index is 11.7. The highest BCUT2D eigenvalue weighted by Gasteiger charge is 2.21. The van der Waals surface area contributed by atoms with E-state index in [0.29, 0.717) is 16.0 Å². The lowest BCUT2D eigenvalue weighted by Crippen LogP contribution is -2.30. The van der Waals surface area contributed by atoms with Crippen molar-refractivity contribution in [1.29, 1.82) is 0 Å². The van der Waals surface area contributed by atoms with Gasteiger partial charge in [0.2, 0.25) is 5.91 Å². The summed E-state index contributed by atoms with van der Waals surface area (Å²) in [6, 6.07) is 3.64. The van der Waals surface area contributed by atoms with Gasteiger partial charge in [-0.05, 0) is 30.9 Å². The first-order valence-electron chi connectivity index (χ1n) is 5.49. The maximum absolute atomic E-state index is 11.7. The molecule has 1 unspecified atom stereocenters. The van der Waals surface area contributed by atoms with Crippen LogP contribution in [0.25, 0.3) is 0 Å².